The van der Waals surface area contributed by atoms with E-state index in [0.29, 0.717) is 31.9 Å². The second-order valence-electron chi connectivity index (χ2n) is 5.21. The summed E-state index contributed by atoms with van der Waals surface area (Å²) >= 11 is 0. The minimum Gasteiger partial charge on any atom is -0.334 e. The van der Waals surface area contributed by atoms with Crippen LogP contribution in [0.15, 0.2) is 49.6 Å². The third-order valence-corrected chi connectivity index (χ3v) is 3.61. The highest BCUT2D eigenvalue weighted by Gasteiger charge is 2.31. The van der Waals surface area contributed by atoms with Crippen LogP contribution in [0.4, 0.5) is 14.9 Å². The molecule has 2 rings (SSSR count). The highest BCUT2D eigenvalue weighted by atomic mass is 19.1. The van der Waals surface area contributed by atoms with Gasteiger partial charge in [-0.2, -0.15) is 0 Å². The summed E-state index contributed by atoms with van der Waals surface area (Å²) < 4.78 is 13.0. The van der Waals surface area contributed by atoms with Gasteiger partial charge in [0.25, 0.3) is 0 Å². The van der Waals surface area contributed by atoms with Crippen LogP contribution in [0.3, 0.4) is 0 Å². The van der Waals surface area contributed by atoms with E-state index >= 15 is 0 Å². The molecule has 5 nitrogen and oxygen atoms in total. The zero-order chi connectivity index (χ0) is 16.8. The molecule has 3 amide bonds. The van der Waals surface area contributed by atoms with Crippen molar-refractivity contribution in [3.05, 3.63) is 55.4 Å². The average Bonchev–Trinajstić information content (AvgIpc) is 2.89. The van der Waals surface area contributed by atoms with Crippen LogP contribution in [0.25, 0.3) is 0 Å². The van der Waals surface area contributed by atoms with E-state index in [1.807, 2.05) is 0 Å². The Labute approximate surface area is 135 Å². The first-order chi connectivity index (χ1) is 11.1. The number of nitrogens with zero attached hydrogens (tertiary/aromatic N) is 3. The zero-order valence-electron chi connectivity index (χ0n) is 12.9. The number of anilines is 1. The van der Waals surface area contributed by atoms with Gasteiger partial charge in [0.15, 0.2) is 0 Å². The van der Waals surface area contributed by atoms with Gasteiger partial charge in [-0.15, -0.1) is 13.2 Å². The highest BCUT2D eigenvalue weighted by molar-refractivity contribution is 5.96. The van der Waals surface area contributed by atoms with Crippen molar-refractivity contribution < 1.29 is 14.0 Å². The lowest BCUT2D eigenvalue weighted by Gasteiger charge is -2.23. The van der Waals surface area contributed by atoms with Crippen LogP contribution in [0, 0.1) is 5.82 Å². The van der Waals surface area contributed by atoms with Crippen molar-refractivity contribution in [2.24, 2.45) is 0 Å². The Hall–Kier alpha value is -2.63. The fraction of sp³-hybridized carbons (Fsp3) is 0.294. The summed E-state index contributed by atoms with van der Waals surface area (Å²) in [5.41, 5.74) is 0.625. The number of benzene rings is 1. The zero-order valence-corrected chi connectivity index (χ0v) is 12.9. The van der Waals surface area contributed by atoms with Crippen molar-refractivity contribution in [2.75, 3.05) is 37.6 Å². The van der Waals surface area contributed by atoms with Crippen LogP contribution in [-0.4, -0.2) is 54.5 Å². The van der Waals surface area contributed by atoms with E-state index in [0.717, 1.165) is 0 Å². The van der Waals surface area contributed by atoms with Crippen molar-refractivity contribution in [1.82, 2.24) is 9.80 Å². The SMILES string of the molecule is C=CCN(CC=C)C(=O)CN1CCN(c2ccc(F)cc2)C1=O. The van der Waals surface area contributed by atoms with Crippen LogP contribution in [0.2, 0.25) is 0 Å². The largest absolute Gasteiger partial charge is 0.334 e. The van der Waals surface area contributed by atoms with Crippen LogP contribution in [-0.2, 0) is 4.79 Å². The molecule has 1 aliphatic heterocycles. The molecule has 0 aliphatic carbocycles. The third-order valence-electron chi connectivity index (χ3n) is 3.61. The summed E-state index contributed by atoms with van der Waals surface area (Å²) in [5.74, 6) is -0.504. The van der Waals surface area contributed by atoms with Gasteiger partial charge in [0.1, 0.15) is 12.4 Å². The summed E-state index contributed by atoms with van der Waals surface area (Å²) in [6, 6.07) is 5.49. The molecule has 122 valence electrons. The molecule has 0 unspecified atom stereocenters. The monoisotopic (exact) mass is 317 g/mol. The number of carbonyl (C=O) groups is 2. The van der Waals surface area contributed by atoms with Crippen LogP contribution in [0.5, 0.6) is 0 Å². The van der Waals surface area contributed by atoms with Crippen molar-refractivity contribution in [1.29, 1.82) is 0 Å². The topological polar surface area (TPSA) is 43.9 Å². The van der Waals surface area contributed by atoms with E-state index < -0.39 is 0 Å². The Morgan fingerprint density at radius 2 is 1.78 bits per heavy atom. The number of rotatable bonds is 7. The van der Waals surface area contributed by atoms with E-state index in [9.17, 15) is 14.0 Å². The van der Waals surface area contributed by atoms with E-state index in [1.165, 1.54) is 21.9 Å². The predicted molar refractivity (Wildman–Crippen MR) is 87.7 cm³/mol. The normalized spacial score (nSPS) is 14.0. The van der Waals surface area contributed by atoms with E-state index in [2.05, 4.69) is 13.2 Å². The van der Waals surface area contributed by atoms with Crippen LogP contribution < -0.4 is 4.90 Å². The third kappa shape index (κ3) is 3.97. The molecule has 0 aromatic heterocycles. The molecule has 1 fully saturated rings. The van der Waals surface area contributed by atoms with Gasteiger partial charge in [0, 0.05) is 31.9 Å². The first kappa shape index (κ1) is 16.7. The van der Waals surface area contributed by atoms with Gasteiger partial charge in [-0.05, 0) is 24.3 Å². The lowest BCUT2D eigenvalue weighted by molar-refractivity contribution is -0.130. The molecule has 1 aromatic carbocycles. The van der Waals surface area contributed by atoms with E-state index in [4.69, 9.17) is 0 Å². The minimum atomic E-state index is -0.350. The lowest BCUT2D eigenvalue weighted by Crippen LogP contribution is -2.42. The maximum atomic E-state index is 13.0. The second kappa shape index (κ2) is 7.58. The van der Waals surface area contributed by atoms with Gasteiger partial charge in [0.05, 0.1) is 0 Å². The van der Waals surface area contributed by atoms with E-state index in [-0.39, 0.29) is 24.3 Å². The summed E-state index contributed by atoms with van der Waals surface area (Å²) in [6.45, 7) is 9.01. The molecule has 23 heavy (non-hydrogen) atoms. The quantitative estimate of drug-likeness (QED) is 0.724. The minimum absolute atomic E-state index is 0.0121. The van der Waals surface area contributed by atoms with Crippen LogP contribution in [0.1, 0.15) is 0 Å². The molecule has 0 radical (unpaired) electrons. The van der Waals surface area contributed by atoms with Crippen molar-refractivity contribution >= 4 is 17.6 Å². The Morgan fingerprint density at radius 3 is 2.35 bits per heavy atom. The predicted octanol–water partition coefficient (Wildman–Crippen LogP) is 2.27. The molecule has 0 spiro atoms. The molecule has 0 N–H and O–H groups in total. The molecule has 1 heterocycles. The fourth-order valence-electron chi connectivity index (χ4n) is 2.44. The molecule has 6 heteroatoms. The number of carbonyl (C=O) groups excluding carboxylic acids is 2. The Balaban J connectivity index is 2.01. The summed E-state index contributed by atoms with van der Waals surface area (Å²) in [4.78, 5) is 29.3. The molecule has 1 saturated heterocycles. The second-order valence-corrected chi connectivity index (χ2v) is 5.21. The first-order valence-electron chi connectivity index (χ1n) is 7.38. The van der Waals surface area contributed by atoms with Gasteiger partial charge in [-0.25, -0.2) is 9.18 Å². The molecular weight excluding hydrogens is 297 g/mol. The fourth-order valence-corrected chi connectivity index (χ4v) is 2.44. The highest BCUT2D eigenvalue weighted by Crippen LogP contribution is 2.20. The van der Waals surface area contributed by atoms with Gasteiger partial charge in [0.2, 0.25) is 5.91 Å². The number of hydrogen-bond acceptors (Lipinski definition) is 2. The van der Waals surface area contributed by atoms with Crippen molar-refractivity contribution in [2.45, 2.75) is 0 Å². The standard InChI is InChI=1S/C17H20FN3O2/c1-3-9-19(10-4-2)16(22)13-20-11-12-21(17(20)23)15-7-5-14(18)6-8-15/h3-8H,1-2,9-13H2. The summed E-state index contributed by atoms with van der Waals surface area (Å²) in [5, 5.41) is 0. The van der Waals surface area contributed by atoms with Gasteiger partial charge in [-0.3, -0.25) is 9.69 Å². The first-order valence-corrected chi connectivity index (χ1v) is 7.38. The van der Waals surface area contributed by atoms with Crippen molar-refractivity contribution in [3.8, 4) is 0 Å². The Kier molecular flexibility index (Phi) is 5.51. The Morgan fingerprint density at radius 1 is 1.17 bits per heavy atom. The molecule has 0 bridgehead atoms. The summed E-state index contributed by atoms with van der Waals surface area (Å²) in [7, 11) is 0. The molecule has 0 atom stereocenters. The maximum Gasteiger partial charge on any atom is 0.325 e. The molecular formula is C17H20FN3O2. The van der Waals surface area contributed by atoms with E-state index in [1.54, 1.807) is 29.2 Å². The number of amides is 3. The Bertz CT molecular complexity index is 590. The smallest absolute Gasteiger partial charge is 0.325 e. The van der Waals surface area contributed by atoms with Gasteiger partial charge < -0.3 is 9.80 Å². The molecule has 0 saturated carbocycles. The average molecular weight is 317 g/mol. The number of urea groups is 1. The van der Waals surface area contributed by atoms with Crippen molar-refractivity contribution in [3.63, 3.8) is 0 Å². The maximum absolute atomic E-state index is 13.0. The van der Waals surface area contributed by atoms with Crippen LogP contribution >= 0.6 is 0 Å². The molecule has 1 aromatic rings. The number of halogens is 1. The lowest BCUT2D eigenvalue weighted by atomic mass is 10.3. The molecule has 1 aliphatic rings. The van der Waals surface area contributed by atoms with Gasteiger partial charge >= 0.3 is 6.03 Å². The van der Waals surface area contributed by atoms with Gasteiger partial charge in [-0.1, -0.05) is 12.2 Å². The number of hydrogen-bond donors (Lipinski definition) is 0. The summed E-state index contributed by atoms with van der Waals surface area (Å²) in [6.07, 6.45) is 3.27.